The second-order valence-corrected chi connectivity index (χ2v) is 5.06. The number of nitrogens with zero attached hydrogens (tertiary/aromatic N) is 3. The first-order valence-corrected chi connectivity index (χ1v) is 6.72. The van der Waals surface area contributed by atoms with E-state index >= 15 is 0 Å². The zero-order valence-corrected chi connectivity index (χ0v) is 12.6. The van der Waals surface area contributed by atoms with Gasteiger partial charge in [0.25, 0.3) is 0 Å². The number of hydrogen-bond acceptors (Lipinski definition) is 5. The third-order valence-corrected chi connectivity index (χ3v) is 2.86. The smallest absolute Gasteiger partial charge is 0.316 e. The van der Waals surface area contributed by atoms with Gasteiger partial charge in [0.1, 0.15) is 11.4 Å². The molecule has 0 atom stereocenters. The van der Waals surface area contributed by atoms with E-state index in [9.17, 15) is 10.1 Å². The first kappa shape index (κ1) is 15.2. The zero-order valence-electron chi connectivity index (χ0n) is 11.8. The van der Waals surface area contributed by atoms with E-state index in [2.05, 4.69) is 9.97 Å². The summed E-state index contributed by atoms with van der Waals surface area (Å²) in [6, 6.07) is 6.95. The van der Waals surface area contributed by atoms with E-state index in [4.69, 9.17) is 16.3 Å². The number of hydrogen-bond donors (Lipinski definition) is 0. The highest BCUT2D eigenvalue weighted by Crippen LogP contribution is 2.32. The first-order valence-electron chi connectivity index (χ1n) is 6.34. The van der Waals surface area contributed by atoms with E-state index < -0.39 is 4.92 Å². The highest BCUT2D eigenvalue weighted by molar-refractivity contribution is 6.28. The highest BCUT2D eigenvalue weighted by Gasteiger charge is 2.23. The Morgan fingerprint density at radius 2 is 2.05 bits per heavy atom. The maximum absolute atomic E-state index is 11.2. The molecule has 0 bridgehead atoms. The molecule has 0 spiro atoms. The molecule has 0 N–H and O–H groups in total. The molecule has 0 amide bonds. The fraction of sp³-hybridized carbons (Fsp3) is 0.286. The fourth-order valence-corrected chi connectivity index (χ4v) is 2.15. The molecule has 110 valence electrons. The molecule has 0 aliphatic carbocycles. The van der Waals surface area contributed by atoms with Crippen LogP contribution in [-0.4, -0.2) is 21.0 Å². The van der Waals surface area contributed by atoms with Crippen LogP contribution >= 0.6 is 11.6 Å². The van der Waals surface area contributed by atoms with Gasteiger partial charge in [-0.15, -0.1) is 0 Å². The predicted molar refractivity (Wildman–Crippen MR) is 79.6 cm³/mol. The van der Waals surface area contributed by atoms with Crippen LogP contribution in [0.2, 0.25) is 5.28 Å². The Balaban J connectivity index is 2.58. The highest BCUT2D eigenvalue weighted by atomic mass is 35.5. The third-order valence-electron chi connectivity index (χ3n) is 2.69. The number of benzene rings is 1. The van der Waals surface area contributed by atoms with Crippen LogP contribution in [0.3, 0.4) is 0 Å². The van der Waals surface area contributed by atoms with Crippen molar-refractivity contribution >= 4 is 17.3 Å². The van der Waals surface area contributed by atoms with E-state index in [1.165, 1.54) is 6.92 Å². The lowest BCUT2D eigenvalue weighted by atomic mass is 10.1. The summed E-state index contributed by atoms with van der Waals surface area (Å²) < 4.78 is 5.59. The first-order chi connectivity index (χ1) is 9.88. The SMILES string of the molecule is Cc1nc(Cl)nc(-c2cccc(OC(C)C)c2)c1[N+](=O)[O-]. The van der Waals surface area contributed by atoms with E-state index in [0.29, 0.717) is 11.3 Å². The molecule has 1 aromatic carbocycles. The number of rotatable bonds is 4. The largest absolute Gasteiger partial charge is 0.491 e. The van der Waals surface area contributed by atoms with Crippen molar-refractivity contribution in [3.05, 3.63) is 45.4 Å². The van der Waals surface area contributed by atoms with Crippen LogP contribution in [0.4, 0.5) is 5.69 Å². The summed E-state index contributed by atoms with van der Waals surface area (Å²) in [4.78, 5) is 18.6. The lowest BCUT2D eigenvalue weighted by Crippen LogP contribution is -2.06. The summed E-state index contributed by atoms with van der Waals surface area (Å²) in [6.07, 6.45) is 0.00552. The summed E-state index contributed by atoms with van der Waals surface area (Å²) in [5.74, 6) is 0.615. The van der Waals surface area contributed by atoms with Gasteiger partial charge in [0, 0.05) is 5.56 Å². The molecule has 0 aliphatic rings. The monoisotopic (exact) mass is 307 g/mol. The molecule has 0 aliphatic heterocycles. The van der Waals surface area contributed by atoms with Gasteiger partial charge in [-0.1, -0.05) is 12.1 Å². The Bertz CT molecular complexity index is 689. The Labute approximate surface area is 126 Å². The van der Waals surface area contributed by atoms with Gasteiger partial charge in [0.2, 0.25) is 5.28 Å². The maximum Gasteiger partial charge on any atom is 0.316 e. The molecule has 21 heavy (non-hydrogen) atoms. The number of nitro groups is 1. The van der Waals surface area contributed by atoms with Crippen LogP contribution in [-0.2, 0) is 0 Å². The standard InChI is InChI=1S/C14H14ClN3O3/c1-8(2)21-11-6-4-5-10(7-11)12-13(18(19)20)9(3)16-14(15)17-12/h4-8H,1-3H3. The number of ether oxygens (including phenoxy) is 1. The normalized spacial score (nSPS) is 10.7. The lowest BCUT2D eigenvalue weighted by Gasteiger charge is -2.11. The molecule has 6 nitrogen and oxygen atoms in total. The van der Waals surface area contributed by atoms with Crippen molar-refractivity contribution in [2.75, 3.05) is 0 Å². The summed E-state index contributed by atoms with van der Waals surface area (Å²) >= 11 is 5.82. The van der Waals surface area contributed by atoms with Gasteiger partial charge >= 0.3 is 5.69 Å². The Kier molecular flexibility index (Phi) is 4.37. The van der Waals surface area contributed by atoms with Crippen molar-refractivity contribution in [2.45, 2.75) is 26.9 Å². The molecule has 7 heteroatoms. The van der Waals surface area contributed by atoms with Crippen molar-refractivity contribution in [3.8, 4) is 17.0 Å². The maximum atomic E-state index is 11.2. The van der Waals surface area contributed by atoms with Gasteiger partial charge < -0.3 is 4.74 Å². The summed E-state index contributed by atoms with van der Waals surface area (Å²) in [6.45, 7) is 5.34. The Hall–Kier alpha value is -2.21. The molecule has 1 aromatic heterocycles. The molecule has 0 saturated heterocycles. The van der Waals surface area contributed by atoms with E-state index in [1.54, 1.807) is 24.3 Å². The summed E-state index contributed by atoms with van der Waals surface area (Å²) in [5.41, 5.74) is 0.824. The van der Waals surface area contributed by atoms with Crippen LogP contribution in [0.5, 0.6) is 5.75 Å². The van der Waals surface area contributed by atoms with Crippen LogP contribution in [0.25, 0.3) is 11.3 Å². The van der Waals surface area contributed by atoms with Crippen LogP contribution in [0.1, 0.15) is 19.5 Å². The van der Waals surface area contributed by atoms with Gasteiger partial charge in [-0.05, 0) is 44.5 Å². The molecular formula is C14H14ClN3O3. The summed E-state index contributed by atoms with van der Waals surface area (Å²) in [7, 11) is 0. The minimum Gasteiger partial charge on any atom is -0.491 e. The molecule has 0 saturated carbocycles. The molecule has 0 unspecified atom stereocenters. The second kappa shape index (κ2) is 6.05. The van der Waals surface area contributed by atoms with Gasteiger partial charge in [0.15, 0.2) is 5.69 Å². The zero-order chi connectivity index (χ0) is 15.6. The van der Waals surface area contributed by atoms with Crippen molar-refractivity contribution < 1.29 is 9.66 Å². The average Bonchev–Trinajstić information content (AvgIpc) is 2.36. The van der Waals surface area contributed by atoms with Crippen molar-refractivity contribution in [3.63, 3.8) is 0 Å². The van der Waals surface area contributed by atoms with Gasteiger partial charge in [-0.2, -0.15) is 0 Å². The Morgan fingerprint density at radius 1 is 1.33 bits per heavy atom. The van der Waals surface area contributed by atoms with Crippen molar-refractivity contribution in [2.24, 2.45) is 0 Å². The number of aromatic nitrogens is 2. The van der Waals surface area contributed by atoms with Gasteiger partial charge in [0.05, 0.1) is 11.0 Å². The molecule has 2 rings (SSSR count). The van der Waals surface area contributed by atoms with Crippen molar-refractivity contribution in [1.29, 1.82) is 0 Å². The van der Waals surface area contributed by atoms with E-state index in [0.717, 1.165) is 0 Å². The molecule has 0 radical (unpaired) electrons. The van der Waals surface area contributed by atoms with Gasteiger partial charge in [-0.3, -0.25) is 10.1 Å². The topological polar surface area (TPSA) is 78.2 Å². The number of aryl methyl sites for hydroxylation is 1. The van der Waals surface area contributed by atoms with E-state index in [-0.39, 0.29) is 28.5 Å². The van der Waals surface area contributed by atoms with Crippen LogP contribution in [0.15, 0.2) is 24.3 Å². The average molecular weight is 308 g/mol. The minimum absolute atomic E-state index is 0.00552. The molecule has 2 aromatic rings. The minimum atomic E-state index is -0.503. The van der Waals surface area contributed by atoms with Crippen LogP contribution in [0, 0.1) is 17.0 Å². The Morgan fingerprint density at radius 3 is 2.67 bits per heavy atom. The van der Waals surface area contributed by atoms with Crippen LogP contribution < -0.4 is 4.74 Å². The molecule has 0 fully saturated rings. The fourth-order valence-electron chi connectivity index (χ4n) is 1.94. The predicted octanol–water partition coefficient (Wildman–Crippen LogP) is 3.80. The molecule has 1 heterocycles. The molecular weight excluding hydrogens is 294 g/mol. The quantitative estimate of drug-likeness (QED) is 0.487. The number of halogens is 1. The second-order valence-electron chi connectivity index (χ2n) is 4.73. The third kappa shape index (κ3) is 3.46. The van der Waals surface area contributed by atoms with E-state index in [1.807, 2.05) is 13.8 Å². The summed E-state index contributed by atoms with van der Waals surface area (Å²) in [5, 5.41) is 11.2. The van der Waals surface area contributed by atoms with Crippen molar-refractivity contribution in [1.82, 2.24) is 9.97 Å². The van der Waals surface area contributed by atoms with Gasteiger partial charge in [-0.25, -0.2) is 9.97 Å². The lowest BCUT2D eigenvalue weighted by molar-refractivity contribution is -0.385.